The number of aliphatic imine (C=N–C) groups is 1. The molecule has 1 amide bonds. The second-order valence-electron chi connectivity index (χ2n) is 6.80. The van der Waals surface area contributed by atoms with Gasteiger partial charge in [-0.3, -0.25) is 4.79 Å². The number of aromatic amines is 1. The molecule has 1 aromatic carbocycles. The lowest BCUT2D eigenvalue weighted by atomic mass is 10.2. The Morgan fingerprint density at radius 1 is 1.36 bits per heavy atom. The predicted octanol–water partition coefficient (Wildman–Crippen LogP) is 3.44. The second-order valence-corrected chi connectivity index (χ2v) is 6.80. The van der Waals surface area contributed by atoms with Crippen LogP contribution in [0.15, 0.2) is 35.3 Å². The molecule has 2 aromatic rings. The third kappa shape index (κ3) is 5.00. The van der Waals surface area contributed by atoms with E-state index in [1.54, 1.807) is 13.1 Å². The highest BCUT2D eigenvalue weighted by atomic mass is 16.5. The maximum absolute atomic E-state index is 11.2. The van der Waals surface area contributed by atoms with E-state index in [2.05, 4.69) is 44.1 Å². The number of imidazole rings is 1. The van der Waals surface area contributed by atoms with Crippen LogP contribution in [0.3, 0.4) is 0 Å². The number of hydrogen-bond acceptors (Lipinski definition) is 5. The van der Waals surface area contributed by atoms with Crippen molar-refractivity contribution in [1.82, 2.24) is 9.97 Å². The monoisotopic (exact) mass is 381 g/mol. The third-order valence-corrected chi connectivity index (χ3v) is 4.60. The van der Waals surface area contributed by atoms with Gasteiger partial charge in [0.05, 0.1) is 5.69 Å². The number of hydrogen-bond donors (Lipinski definition) is 2. The number of benzene rings is 1. The zero-order valence-corrected chi connectivity index (χ0v) is 16.4. The summed E-state index contributed by atoms with van der Waals surface area (Å²) in [6.45, 7) is 5.88. The number of allylic oxidation sites excluding steroid dienone is 1. The van der Waals surface area contributed by atoms with E-state index in [4.69, 9.17) is 10.5 Å². The quantitative estimate of drug-likeness (QED) is 0.685. The molecule has 3 N–H and O–H groups in total. The number of nitrogens with one attached hydrogen (secondary N) is 1. The molecule has 7 heteroatoms. The highest BCUT2D eigenvalue weighted by Crippen LogP contribution is 2.23. The number of carbonyl (C=O) groups is 1. The smallest absolute Gasteiger partial charge is 0.296 e. The van der Waals surface area contributed by atoms with Crippen molar-refractivity contribution in [2.24, 2.45) is 10.7 Å². The molecule has 148 valence electrons. The first-order valence-electron chi connectivity index (χ1n) is 9.68. The van der Waals surface area contributed by atoms with Crippen molar-refractivity contribution >= 4 is 29.7 Å². The molecule has 1 aliphatic heterocycles. The predicted molar refractivity (Wildman–Crippen MR) is 112 cm³/mol. The van der Waals surface area contributed by atoms with Crippen LogP contribution in [0.5, 0.6) is 6.01 Å². The van der Waals surface area contributed by atoms with Crippen LogP contribution in [0.4, 0.5) is 11.5 Å². The van der Waals surface area contributed by atoms with E-state index in [1.807, 2.05) is 19.1 Å². The van der Waals surface area contributed by atoms with Gasteiger partial charge in [0, 0.05) is 25.0 Å². The van der Waals surface area contributed by atoms with E-state index in [0.717, 1.165) is 30.8 Å². The summed E-state index contributed by atoms with van der Waals surface area (Å²) in [4.78, 5) is 25.5. The summed E-state index contributed by atoms with van der Waals surface area (Å²) < 4.78 is 5.45. The van der Waals surface area contributed by atoms with Gasteiger partial charge in [-0.15, -0.1) is 0 Å². The number of ether oxygens (including phenoxy) is 1. The minimum Gasteiger partial charge on any atom is -0.452 e. The zero-order chi connectivity index (χ0) is 19.9. The minimum atomic E-state index is -0.774. The van der Waals surface area contributed by atoms with Crippen LogP contribution in [0, 0.1) is 0 Å². The van der Waals surface area contributed by atoms with Crippen LogP contribution in [0.25, 0.3) is 6.08 Å². The fourth-order valence-electron chi connectivity index (χ4n) is 2.97. The Bertz CT molecular complexity index is 848. The Morgan fingerprint density at radius 2 is 2.07 bits per heavy atom. The average Bonchev–Trinajstić information content (AvgIpc) is 3.35. The van der Waals surface area contributed by atoms with Crippen molar-refractivity contribution in [2.75, 3.05) is 18.0 Å². The zero-order valence-electron chi connectivity index (χ0n) is 16.4. The molecule has 1 fully saturated rings. The third-order valence-electron chi connectivity index (χ3n) is 4.60. The minimum absolute atomic E-state index is 0.221. The summed E-state index contributed by atoms with van der Waals surface area (Å²) in [6.07, 6.45) is 8.30. The summed E-state index contributed by atoms with van der Waals surface area (Å²) in [5.41, 5.74) is 8.21. The SMILES string of the molecule is CC/C=C/c1[nH]c(OC(C)C(N)=O)nc1N=Cc1ccc(N2CCCC2)cc1. The number of H-pyrrole nitrogens is 1. The number of anilines is 1. The number of carbonyl (C=O) groups excluding carboxylic acids is 1. The Morgan fingerprint density at radius 3 is 2.71 bits per heavy atom. The van der Waals surface area contributed by atoms with Crippen LogP contribution >= 0.6 is 0 Å². The molecule has 7 nitrogen and oxygen atoms in total. The highest BCUT2D eigenvalue weighted by Gasteiger charge is 2.15. The first-order chi connectivity index (χ1) is 13.6. The summed E-state index contributed by atoms with van der Waals surface area (Å²) in [6, 6.07) is 8.57. The molecule has 1 unspecified atom stereocenters. The first kappa shape index (κ1) is 19.7. The standard InChI is InChI=1S/C21H27N5O2/c1-3-4-7-18-20(25-21(24-18)28-15(2)19(22)27)23-14-16-8-10-17(11-9-16)26-12-5-6-13-26/h4,7-11,14-15H,3,5-6,12-13H2,1-2H3,(H2,22,27)(H,24,25)/b7-4+,23-14?. The Kier molecular flexibility index (Phi) is 6.47. The molecule has 0 bridgehead atoms. The van der Waals surface area contributed by atoms with Crippen molar-refractivity contribution in [3.8, 4) is 6.01 Å². The molecule has 1 saturated heterocycles. The maximum Gasteiger partial charge on any atom is 0.296 e. The highest BCUT2D eigenvalue weighted by molar-refractivity contribution is 5.83. The summed E-state index contributed by atoms with van der Waals surface area (Å²) >= 11 is 0. The first-order valence-corrected chi connectivity index (χ1v) is 9.68. The number of primary amides is 1. The van der Waals surface area contributed by atoms with Gasteiger partial charge in [-0.2, -0.15) is 4.98 Å². The molecule has 1 atom stereocenters. The van der Waals surface area contributed by atoms with Crippen LogP contribution in [0.1, 0.15) is 44.4 Å². The molecule has 0 spiro atoms. The van der Waals surface area contributed by atoms with E-state index >= 15 is 0 Å². The van der Waals surface area contributed by atoms with Crippen LogP contribution in [-0.2, 0) is 4.79 Å². The normalized spacial score (nSPS) is 15.6. The molecule has 28 heavy (non-hydrogen) atoms. The fourth-order valence-corrected chi connectivity index (χ4v) is 2.97. The molecule has 1 aliphatic rings. The van der Waals surface area contributed by atoms with E-state index in [0.29, 0.717) is 5.82 Å². The van der Waals surface area contributed by atoms with Crippen molar-refractivity contribution in [3.63, 3.8) is 0 Å². The number of aromatic nitrogens is 2. The van der Waals surface area contributed by atoms with Crippen molar-refractivity contribution < 1.29 is 9.53 Å². The lowest BCUT2D eigenvalue weighted by Crippen LogP contribution is -2.30. The lowest BCUT2D eigenvalue weighted by Gasteiger charge is -2.17. The molecule has 2 heterocycles. The van der Waals surface area contributed by atoms with Gasteiger partial charge in [0.15, 0.2) is 11.9 Å². The maximum atomic E-state index is 11.2. The molecule has 0 aliphatic carbocycles. The van der Waals surface area contributed by atoms with E-state index < -0.39 is 12.0 Å². The number of rotatable bonds is 8. The molecule has 0 saturated carbocycles. The largest absolute Gasteiger partial charge is 0.452 e. The van der Waals surface area contributed by atoms with Crippen LogP contribution < -0.4 is 15.4 Å². The summed E-state index contributed by atoms with van der Waals surface area (Å²) in [5.74, 6) is -0.0508. The lowest BCUT2D eigenvalue weighted by molar-refractivity contribution is -0.124. The van der Waals surface area contributed by atoms with Gasteiger partial charge >= 0.3 is 0 Å². The Labute approximate surface area is 165 Å². The topological polar surface area (TPSA) is 96.6 Å². The average molecular weight is 381 g/mol. The van der Waals surface area contributed by atoms with Gasteiger partial charge < -0.3 is 20.4 Å². The summed E-state index contributed by atoms with van der Waals surface area (Å²) in [5, 5.41) is 0. The van der Waals surface area contributed by atoms with Gasteiger partial charge in [-0.05, 0) is 50.0 Å². The van der Waals surface area contributed by atoms with Gasteiger partial charge in [0.25, 0.3) is 11.9 Å². The van der Waals surface area contributed by atoms with Gasteiger partial charge in [0.1, 0.15) is 0 Å². The molecular weight excluding hydrogens is 354 g/mol. The van der Waals surface area contributed by atoms with Gasteiger partial charge in [0.2, 0.25) is 0 Å². The molecular formula is C21H27N5O2. The molecule has 1 aromatic heterocycles. The number of nitrogens with zero attached hydrogens (tertiary/aromatic N) is 3. The Hall–Kier alpha value is -3.09. The second kappa shape index (κ2) is 9.21. The molecule has 3 rings (SSSR count). The van der Waals surface area contributed by atoms with Crippen LogP contribution in [0.2, 0.25) is 0 Å². The van der Waals surface area contributed by atoms with Crippen LogP contribution in [-0.4, -0.2) is 41.3 Å². The summed E-state index contributed by atoms with van der Waals surface area (Å²) in [7, 11) is 0. The van der Waals surface area contributed by atoms with Crippen molar-refractivity contribution in [3.05, 3.63) is 41.6 Å². The van der Waals surface area contributed by atoms with Gasteiger partial charge in [-0.1, -0.05) is 25.1 Å². The van der Waals surface area contributed by atoms with E-state index in [-0.39, 0.29) is 6.01 Å². The van der Waals surface area contributed by atoms with Gasteiger partial charge in [-0.25, -0.2) is 4.99 Å². The Balaban J connectivity index is 1.76. The van der Waals surface area contributed by atoms with Crippen molar-refractivity contribution in [2.45, 2.75) is 39.2 Å². The van der Waals surface area contributed by atoms with E-state index in [1.165, 1.54) is 18.5 Å². The molecule has 0 radical (unpaired) electrons. The number of amides is 1. The van der Waals surface area contributed by atoms with E-state index in [9.17, 15) is 4.79 Å². The number of nitrogens with two attached hydrogens (primary N) is 1. The van der Waals surface area contributed by atoms with Crippen molar-refractivity contribution in [1.29, 1.82) is 0 Å². The fraction of sp³-hybridized carbons (Fsp3) is 0.381.